The van der Waals surface area contributed by atoms with Crippen molar-refractivity contribution in [3.05, 3.63) is 192 Å². The van der Waals surface area contributed by atoms with E-state index in [1.165, 1.54) is 49.8 Å². The number of aliphatic imine (C=N–C) groups is 2. The van der Waals surface area contributed by atoms with E-state index in [4.69, 9.17) is 9.98 Å². The normalized spacial score (nSPS) is 16.0. The summed E-state index contributed by atoms with van der Waals surface area (Å²) in [6.45, 7) is 0. The average molecular weight is 631 g/mol. The van der Waals surface area contributed by atoms with Crippen LogP contribution in [0.25, 0.3) is 44.2 Å². The Labute approximate surface area is 286 Å². The summed E-state index contributed by atoms with van der Waals surface area (Å²) < 4.78 is 2.37. The zero-order valence-electron chi connectivity index (χ0n) is 27.0. The molecule has 0 amide bonds. The van der Waals surface area contributed by atoms with Crippen LogP contribution in [-0.2, 0) is 0 Å². The minimum atomic E-state index is -0.243. The quantitative estimate of drug-likeness (QED) is 0.195. The minimum absolute atomic E-state index is 0.243. The Morgan fingerprint density at radius 2 is 1.27 bits per heavy atom. The van der Waals surface area contributed by atoms with Crippen LogP contribution in [0.4, 0.5) is 0 Å². The number of nitrogens with one attached hydrogen (secondary N) is 1. The molecule has 4 heteroatoms. The number of fused-ring (bicyclic) bond motifs is 3. The van der Waals surface area contributed by atoms with Gasteiger partial charge in [-0.1, -0.05) is 140 Å². The predicted molar refractivity (Wildman–Crippen MR) is 204 cm³/mol. The molecule has 2 aliphatic rings. The predicted octanol–water partition coefficient (Wildman–Crippen LogP) is 10.7. The second-order valence-electron chi connectivity index (χ2n) is 12.5. The Balaban J connectivity index is 1.19. The van der Waals surface area contributed by atoms with Crippen LogP contribution in [0, 0.1) is 0 Å². The van der Waals surface area contributed by atoms with Gasteiger partial charge in [-0.2, -0.15) is 0 Å². The van der Waals surface area contributed by atoms with Crippen LogP contribution < -0.4 is 5.32 Å². The highest BCUT2D eigenvalue weighted by Gasteiger charge is 2.25. The van der Waals surface area contributed by atoms with Crippen molar-refractivity contribution in [1.29, 1.82) is 0 Å². The largest absolute Gasteiger partial charge is 0.344 e. The first-order valence-corrected chi connectivity index (χ1v) is 16.9. The van der Waals surface area contributed by atoms with Crippen molar-refractivity contribution in [3.63, 3.8) is 0 Å². The number of amidine groups is 2. The van der Waals surface area contributed by atoms with Gasteiger partial charge in [-0.25, -0.2) is 9.98 Å². The Bertz CT molecular complexity index is 2450. The molecule has 1 aromatic heterocycles. The average Bonchev–Trinajstić information content (AvgIpc) is 3.52. The molecule has 1 N–H and O–H groups in total. The van der Waals surface area contributed by atoms with Gasteiger partial charge in [-0.05, 0) is 71.0 Å². The fraction of sp³-hybridized carbons (Fsp3) is 0.0667. The number of aromatic nitrogens is 1. The molecule has 2 heterocycles. The third kappa shape index (κ3) is 5.28. The van der Waals surface area contributed by atoms with Gasteiger partial charge in [0.05, 0.1) is 11.0 Å². The Morgan fingerprint density at radius 3 is 2.08 bits per heavy atom. The van der Waals surface area contributed by atoms with Gasteiger partial charge >= 0.3 is 0 Å². The maximum atomic E-state index is 5.18. The minimum Gasteiger partial charge on any atom is -0.344 e. The summed E-state index contributed by atoms with van der Waals surface area (Å²) in [5.74, 6) is 1.59. The van der Waals surface area contributed by atoms with Gasteiger partial charge in [0.1, 0.15) is 12.0 Å². The third-order valence-electron chi connectivity index (χ3n) is 9.57. The molecule has 49 heavy (non-hydrogen) atoms. The number of allylic oxidation sites excluding steroid dienone is 2. The smallest absolute Gasteiger partial charge is 0.159 e. The van der Waals surface area contributed by atoms with Crippen LogP contribution >= 0.6 is 0 Å². The van der Waals surface area contributed by atoms with Gasteiger partial charge in [0.2, 0.25) is 0 Å². The topological polar surface area (TPSA) is 41.7 Å². The molecule has 9 rings (SSSR count). The van der Waals surface area contributed by atoms with Crippen LogP contribution in [0.3, 0.4) is 0 Å². The van der Waals surface area contributed by atoms with Crippen molar-refractivity contribution in [3.8, 4) is 16.8 Å². The van der Waals surface area contributed by atoms with E-state index in [0.717, 1.165) is 41.2 Å². The molecule has 1 aliphatic carbocycles. The summed E-state index contributed by atoms with van der Waals surface area (Å²) in [4.78, 5) is 10.3. The molecule has 7 aromatic rings. The van der Waals surface area contributed by atoms with E-state index in [2.05, 4.69) is 155 Å². The van der Waals surface area contributed by atoms with Gasteiger partial charge in [-0.15, -0.1) is 0 Å². The van der Waals surface area contributed by atoms with E-state index >= 15 is 0 Å². The lowest BCUT2D eigenvalue weighted by molar-refractivity contribution is 0.674. The Morgan fingerprint density at radius 1 is 0.592 bits per heavy atom. The lowest BCUT2D eigenvalue weighted by atomic mass is 9.86. The van der Waals surface area contributed by atoms with Crippen molar-refractivity contribution in [2.75, 3.05) is 0 Å². The highest BCUT2D eigenvalue weighted by molar-refractivity contribution is 6.17. The summed E-state index contributed by atoms with van der Waals surface area (Å²) in [5.41, 5.74) is 11.8. The summed E-state index contributed by atoms with van der Waals surface area (Å²) >= 11 is 0. The van der Waals surface area contributed by atoms with Gasteiger partial charge in [0.25, 0.3) is 0 Å². The zero-order chi connectivity index (χ0) is 32.6. The van der Waals surface area contributed by atoms with Crippen LogP contribution in [0.15, 0.2) is 185 Å². The van der Waals surface area contributed by atoms with Gasteiger partial charge in [0.15, 0.2) is 5.84 Å². The second kappa shape index (κ2) is 12.4. The molecule has 1 atom stereocenters. The first-order chi connectivity index (χ1) is 24.3. The number of para-hydroxylation sites is 2. The fourth-order valence-corrected chi connectivity index (χ4v) is 7.27. The first-order valence-electron chi connectivity index (χ1n) is 16.9. The summed E-state index contributed by atoms with van der Waals surface area (Å²) in [6, 6.07) is 55.8. The van der Waals surface area contributed by atoms with Crippen molar-refractivity contribution in [2.45, 2.75) is 19.0 Å². The van der Waals surface area contributed by atoms with E-state index in [9.17, 15) is 0 Å². The standard InChI is InChI=1S/C45H34N4/c1-4-16-31(17-5-1)43-46-44(32-18-6-2-7-19-32)48-45(47-43)39-26-13-12-24-37(39)36-23-11-10-22-35(36)33-28-29-42-40(30-33)38-25-14-15-27-41(38)49(42)34-20-8-3-9-21-34/h1-11,13-23,25-30,43H,12,24H2,(H,46,47,48). The van der Waals surface area contributed by atoms with E-state index < -0.39 is 0 Å². The van der Waals surface area contributed by atoms with Crippen LogP contribution in [0.1, 0.15) is 35.7 Å². The fourth-order valence-electron chi connectivity index (χ4n) is 7.27. The molecule has 0 bridgehead atoms. The van der Waals surface area contributed by atoms with Gasteiger partial charge in [-0.3, -0.25) is 0 Å². The van der Waals surface area contributed by atoms with E-state index in [1.54, 1.807) is 0 Å². The molecule has 0 fully saturated rings. The number of benzene rings is 6. The molecule has 6 aromatic carbocycles. The highest BCUT2D eigenvalue weighted by Crippen LogP contribution is 2.40. The molecule has 0 spiro atoms. The molecule has 0 saturated carbocycles. The molecular formula is C45H34N4. The molecule has 0 saturated heterocycles. The lowest BCUT2D eigenvalue weighted by Gasteiger charge is -2.27. The van der Waals surface area contributed by atoms with Crippen molar-refractivity contribution in [2.24, 2.45) is 9.98 Å². The first kappa shape index (κ1) is 28.9. The monoisotopic (exact) mass is 630 g/mol. The van der Waals surface area contributed by atoms with Crippen molar-refractivity contribution >= 4 is 39.1 Å². The highest BCUT2D eigenvalue weighted by atomic mass is 15.2. The number of hydrogen-bond acceptors (Lipinski definition) is 3. The maximum Gasteiger partial charge on any atom is 0.159 e. The summed E-state index contributed by atoms with van der Waals surface area (Å²) in [6.07, 6.45) is 6.17. The van der Waals surface area contributed by atoms with Crippen LogP contribution in [0.2, 0.25) is 0 Å². The maximum absolute atomic E-state index is 5.18. The van der Waals surface area contributed by atoms with Crippen LogP contribution in [-0.4, -0.2) is 16.2 Å². The summed E-state index contributed by atoms with van der Waals surface area (Å²) in [5, 5.41) is 6.21. The SMILES string of the molecule is C1=CC(C2=NC(c3ccccc3)=NC(c3ccccc3)N2)=C(c2ccccc2-c2ccc3c(c2)c2ccccc2n3-c2ccccc2)CC1. The number of hydrogen-bond donors (Lipinski definition) is 1. The van der Waals surface area contributed by atoms with E-state index in [1.807, 2.05) is 24.3 Å². The number of rotatable bonds is 6. The van der Waals surface area contributed by atoms with Gasteiger partial charge in [0, 0.05) is 27.6 Å². The molecule has 234 valence electrons. The van der Waals surface area contributed by atoms with Crippen molar-refractivity contribution < 1.29 is 0 Å². The van der Waals surface area contributed by atoms with Gasteiger partial charge < -0.3 is 9.88 Å². The van der Waals surface area contributed by atoms with Crippen molar-refractivity contribution in [1.82, 2.24) is 9.88 Å². The lowest BCUT2D eigenvalue weighted by Crippen LogP contribution is -2.34. The third-order valence-corrected chi connectivity index (χ3v) is 9.57. The van der Waals surface area contributed by atoms with Crippen LogP contribution in [0.5, 0.6) is 0 Å². The molecule has 1 unspecified atom stereocenters. The summed E-state index contributed by atoms with van der Waals surface area (Å²) in [7, 11) is 0. The number of nitrogens with zero attached hydrogens (tertiary/aromatic N) is 3. The molecule has 1 aliphatic heterocycles. The molecule has 0 radical (unpaired) electrons. The Kier molecular flexibility index (Phi) is 7.32. The van der Waals surface area contributed by atoms with E-state index in [-0.39, 0.29) is 6.17 Å². The Hall–Kier alpha value is -6.26. The second-order valence-corrected chi connectivity index (χ2v) is 12.5. The zero-order valence-corrected chi connectivity index (χ0v) is 27.0. The van der Waals surface area contributed by atoms with E-state index in [0.29, 0.717) is 0 Å². The molecule has 4 nitrogen and oxygen atoms in total. The molecular weight excluding hydrogens is 597 g/mol.